The van der Waals surface area contributed by atoms with Crippen LogP contribution in [-0.4, -0.2) is 40.1 Å². The number of piperidine rings is 1. The summed E-state index contributed by atoms with van der Waals surface area (Å²) < 4.78 is 1.27. The Hall–Kier alpha value is -1.60. The van der Waals surface area contributed by atoms with Crippen LogP contribution in [0.3, 0.4) is 0 Å². The van der Waals surface area contributed by atoms with Gasteiger partial charge in [-0.2, -0.15) is 5.10 Å². The van der Waals surface area contributed by atoms with Gasteiger partial charge in [0.25, 0.3) is 5.56 Å². The highest BCUT2D eigenvalue weighted by Gasteiger charge is 2.26. The Morgan fingerprint density at radius 1 is 1.29 bits per heavy atom. The normalized spacial score (nSPS) is 21.1. The number of halogens is 2. The van der Waals surface area contributed by atoms with Gasteiger partial charge in [-0.05, 0) is 18.1 Å². The fraction of sp³-hybridized carbons (Fsp3) is 0.375. The Labute approximate surface area is 149 Å². The predicted molar refractivity (Wildman–Crippen MR) is 94.9 cm³/mol. The Bertz CT molecular complexity index is 786. The van der Waals surface area contributed by atoms with Gasteiger partial charge in [-0.15, -0.1) is 0 Å². The van der Waals surface area contributed by atoms with Gasteiger partial charge >= 0.3 is 0 Å². The van der Waals surface area contributed by atoms with Crippen molar-refractivity contribution < 1.29 is 5.11 Å². The number of β-amino-alcohol motifs (C(OH)–C–C–N with tert-alkyl or cyclic N) is 1. The van der Waals surface area contributed by atoms with Crippen LogP contribution >= 0.6 is 23.2 Å². The molecular weight excluding hydrogens is 351 g/mol. The zero-order chi connectivity index (χ0) is 17.3. The fourth-order valence-corrected chi connectivity index (χ4v) is 3.35. The van der Waals surface area contributed by atoms with Gasteiger partial charge in [-0.25, -0.2) is 4.68 Å². The van der Waals surface area contributed by atoms with Crippen molar-refractivity contribution >= 4 is 28.9 Å². The molecule has 0 spiro atoms. The van der Waals surface area contributed by atoms with Crippen LogP contribution in [0.5, 0.6) is 0 Å². The van der Waals surface area contributed by atoms with Gasteiger partial charge in [-0.1, -0.05) is 41.4 Å². The lowest BCUT2D eigenvalue weighted by molar-refractivity contribution is 0.145. The Morgan fingerprint density at radius 3 is 2.75 bits per heavy atom. The number of aliphatic hydroxyl groups is 1. The number of nitrogens with two attached hydrogens (primary N) is 1. The quantitative estimate of drug-likeness (QED) is 0.857. The van der Waals surface area contributed by atoms with Gasteiger partial charge in [0, 0.05) is 24.2 Å². The number of aromatic nitrogens is 2. The third-order valence-corrected chi connectivity index (χ3v) is 4.77. The SMILES string of the molecule is NC1CC(O)CN(c2cnn(Cc3ccccc3Cl)c(=O)c2Cl)C1. The summed E-state index contributed by atoms with van der Waals surface area (Å²) in [6, 6.07) is 7.09. The maximum atomic E-state index is 12.5. The first kappa shape index (κ1) is 17.2. The molecule has 128 valence electrons. The van der Waals surface area contributed by atoms with Crippen molar-refractivity contribution in [2.24, 2.45) is 5.73 Å². The first-order valence-electron chi connectivity index (χ1n) is 7.63. The molecule has 2 unspecified atom stereocenters. The minimum absolute atomic E-state index is 0.0679. The summed E-state index contributed by atoms with van der Waals surface area (Å²) in [5.41, 5.74) is 6.80. The molecule has 3 N–H and O–H groups in total. The first-order valence-corrected chi connectivity index (χ1v) is 8.39. The molecule has 0 saturated carbocycles. The van der Waals surface area contributed by atoms with E-state index in [1.807, 2.05) is 18.2 Å². The third-order valence-electron chi connectivity index (χ3n) is 4.05. The van der Waals surface area contributed by atoms with Crippen LogP contribution in [0.25, 0.3) is 0 Å². The fourth-order valence-electron chi connectivity index (χ4n) is 2.88. The van der Waals surface area contributed by atoms with E-state index in [4.69, 9.17) is 28.9 Å². The summed E-state index contributed by atoms with van der Waals surface area (Å²) in [4.78, 5) is 14.3. The van der Waals surface area contributed by atoms with Crippen LogP contribution in [-0.2, 0) is 6.54 Å². The van der Waals surface area contributed by atoms with Gasteiger partial charge in [0.05, 0.1) is 24.5 Å². The van der Waals surface area contributed by atoms with Crippen LogP contribution < -0.4 is 16.2 Å². The topological polar surface area (TPSA) is 84.4 Å². The number of nitrogens with zero attached hydrogens (tertiary/aromatic N) is 3. The van der Waals surface area contributed by atoms with E-state index in [9.17, 15) is 9.90 Å². The van der Waals surface area contributed by atoms with Crippen molar-refractivity contribution in [1.29, 1.82) is 0 Å². The van der Waals surface area contributed by atoms with Gasteiger partial charge in [0.2, 0.25) is 0 Å². The molecular formula is C16H18Cl2N4O2. The first-order chi connectivity index (χ1) is 11.5. The molecule has 2 atom stereocenters. The highest BCUT2D eigenvalue weighted by atomic mass is 35.5. The van der Waals surface area contributed by atoms with E-state index in [1.54, 1.807) is 11.0 Å². The zero-order valence-electron chi connectivity index (χ0n) is 12.9. The lowest BCUT2D eigenvalue weighted by Gasteiger charge is -2.35. The lowest BCUT2D eigenvalue weighted by atomic mass is 10.0. The van der Waals surface area contributed by atoms with Gasteiger partial charge in [-0.3, -0.25) is 4.79 Å². The molecule has 3 rings (SSSR count). The van der Waals surface area contributed by atoms with E-state index in [0.29, 0.717) is 30.2 Å². The Balaban J connectivity index is 1.89. The summed E-state index contributed by atoms with van der Waals surface area (Å²) in [5.74, 6) is 0. The van der Waals surface area contributed by atoms with Crippen LogP contribution in [0.4, 0.5) is 5.69 Å². The van der Waals surface area contributed by atoms with Crippen LogP contribution in [0.2, 0.25) is 10.0 Å². The summed E-state index contributed by atoms with van der Waals surface area (Å²) in [6.45, 7) is 1.14. The molecule has 1 aromatic heterocycles. The Morgan fingerprint density at radius 2 is 2.04 bits per heavy atom. The maximum absolute atomic E-state index is 12.5. The van der Waals surface area contributed by atoms with Crippen molar-refractivity contribution in [1.82, 2.24) is 9.78 Å². The van der Waals surface area contributed by atoms with Crippen molar-refractivity contribution in [3.05, 3.63) is 56.4 Å². The minimum atomic E-state index is -0.546. The summed E-state index contributed by atoms with van der Waals surface area (Å²) in [6.07, 6.45) is 1.52. The van der Waals surface area contributed by atoms with Crippen molar-refractivity contribution in [2.75, 3.05) is 18.0 Å². The van der Waals surface area contributed by atoms with E-state index in [0.717, 1.165) is 5.56 Å². The van der Waals surface area contributed by atoms with E-state index in [1.165, 1.54) is 10.9 Å². The Kier molecular flexibility index (Phi) is 5.10. The zero-order valence-corrected chi connectivity index (χ0v) is 14.4. The van der Waals surface area contributed by atoms with Gasteiger partial charge < -0.3 is 15.7 Å². The van der Waals surface area contributed by atoms with Crippen LogP contribution in [0.15, 0.2) is 35.3 Å². The monoisotopic (exact) mass is 368 g/mol. The van der Waals surface area contributed by atoms with E-state index in [-0.39, 0.29) is 17.6 Å². The molecule has 1 aliphatic heterocycles. The maximum Gasteiger partial charge on any atom is 0.287 e. The van der Waals surface area contributed by atoms with E-state index >= 15 is 0 Å². The second-order valence-electron chi connectivity index (χ2n) is 5.95. The molecule has 24 heavy (non-hydrogen) atoms. The average Bonchev–Trinajstić information content (AvgIpc) is 2.53. The smallest absolute Gasteiger partial charge is 0.287 e. The van der Waals surface area contributed by atoms with E-state index in [2.05, 4.69) is 5.10 Å². The molecule has 0 bridgehead atoms. The molecule has 1 aromatic carbocycles. The lowest BCUT2D eigenvalue weighted by Crippen LogP contribution is -2.49. The van der Waals surface area contributed by atoms with Gasteiger partial charge in [0.15, 0.2) is 0 Å². The molecule has 6 nitrogen and oxygen atoms in total. The summed E-state index contributed by atoms with van der Waals surface area (Å²) in [7, 11) is 0. The molecule has 0 radical (unpaired) electrons. The molecule has 0 amide bonds. The van der Waals surface area contributed by atoms with Crippen LogP contribution in [0.1, 0.15) is 12.0 Å². The third kappa shape index (κ3) is 3.57. The number of hydrogen-bond donors (Lipinski definition) is 2. The van der Waals surface area contributed by atoms with Crippen molar-refractivity contribution in [3.63, 3.8) is 0 Å². The standard InChI is InChI=1S/C16H18Cl2N4O2/c17-13-4-2-1-3-10(13)7-22-16(24)15(18)14(6-20-22)21-8-11(19)5-12(23)9-21/h1-4,6,11-12,23H,5,7-9,19H2. The number of hydrogen-bond acceptors (Lipinski definition) is 5. The minimum Gasteiger partial charge on any atom is -0.391 e. The van der Waals surface area contributed by atoms with Gasteiger partial charge in [0.1, 0.15) is 5.02 Å². The molecule has 2 heterocycles. The van der Waals surface area contributed by atoms with Crippen molar-refractivity contribution in [3.8, 4) is 0 Å². The second kappa shape index (κ2) is 7.11. The number of aliphatic hydroxyl groups excluding tert-OH is 1. The number of anilines is 1. The average molecular weight is 369 g/mol. The highest BCUT2D eigenvalue weighted by molar-refractivity contribution is 6.33. The largest absolute Gasteiger partial charge is 0.391 e. The summed E-state index contributed by atoms with van der Waals surface area (Å²) in [5, 5.41) is 14.7. The molecule has 1 saturated heterocycles. The molecule has 1 aliphatic rings. The second-order valence-corrected chi connectivity index (χ2v) is 6.74. The van der Waals surface area contributed by atoms with Crippen LogP contribution in [0, 0.1) is 0 Å². The number of benzene rings is 1. The molecule has 2 aromatic rings. The molecule has 1 fully saturated rings. The van der Waals surface area contributed by atoms with Crippen molar-refractivity contribution in [2.45, 2.75) is 25.1 Å². The van der Waals surface area contributed by atoms with E-state index < -0.39 is 11.7 Å². The number of rotatable bonds is 3. The summed E-state index contributed by atoms with van der Waals surface area (Å²) >= 11 is 12.4. The molecule has 0 aliphatic carbocycles. The molecule has 8 heteroatoms. The predicted octanol–water partition coefficient (Wildman–Crippen LogP) is 1.50. The highest BCUT2D eigenvalue weighted by Crippen LogP contribution is 2.25.